The van der Waals surface area contributed by atoms with Crippen molar-refractivity contribution in [3.8, 4) is 17.2 Å². The van der Waals surface area contributed by atoms with Gasteiger partial charge in [0, 0.05) is 6.07 Å². The van der Waals surface area contributed by atoms with E-state index in [0.717, 1.165) is 12.3 Å². The van der Waals surface area contributed by atoms with Crippen molar-refractivity contribution in [2.75, 3.05) is 18.4 Å². The molecule has 1 aromatic carbocycles. The molecule has 0 radical (unpaired) electrons. The summed E-state index contributed by atoms with van der Waals surface area (Å²) in [6, 6.07) is 8.49. The number of nitrogens with zero attached hydrogens (tertiary/aromatic N) is 6. The Morgan fingerprint density at radius 1 is 1.21 bits per heavy atom. The van der Waals surface area contributed by atoms with Crippen LogP contribution in [0.4, 0.5) is 10.2 Å². The number of anilines is 1. The third kappa shape index (κ3) is 5.34. The van der Waals surface area contributed by atoms with Gasteiger partial charge in [0.15, 0.2) is 17.3 Å². The van der Waals surface area contributed by atoms with Crippen LogP contribution in [0.2, 0.25) is 0 Å². The van der Waals surface area contributed by atoms with Crippen molar-refractivity contribution < 1.29 is 27.4 Å². The number of aromatic hydroxyl groups is 1. The van der Waals surface area contributed by atoms with Gasteiger partial charge in [0.1, 0.15) is 28.8 Å². The van der Waals surface area contributed by atoms with E-state index in [1.165, 1.54) is 36.0 Å². The van der Waals surface area contributed by atoms with E-state index in [9.17, 15) is 17.9 Å². The van der Waals surface area contributed by atoms with E-state index in [0.29, 0.717) is 12.4 Å². The Morgan fingerprint density at radius 2 is 2.05 bits per heavy atom. The number of nitrogens with one attached hydrogen (secondary N) is 1. The highest BCUT2D eigenvalue weighted by atomic mass is 32.2. The second-order valence-corrected chi connectivity index (χ2v) is 9.73. The summed E-state index contributed by atoms with van der Waals surface area (Å²) in [6.07, 6.45) is 2.45. The Balaban J connectivity index is 1.65. The van der Waals surface area contributed by atoms with Crippen LogP contribution in [0.3, 0.4) is 0 Å². The van der Waals surface area contributed by atoms with E-state index in [1.54, 1.807) is 12.1 Å². The minimum atomic E-state index is -4.01. The van der Waals surface area contributed by atoms with Crippen molar-refractivity contribution >= 4 is 38.6 Å². The van der Waals surface area contributed by atoms with Crippen molar-refractivity contribution in [1.29, 1.82) is 0 Å². The maximum absolute atomic E-state index is 13.2. The lowest BCUT2D eigenvalue weighted by Crippen LogP contribution is -2.17. The Bertz CT molecular complexity index is 1820. The number of ether oxygens (including phenoxy) is 2. The SMILES string of the molecule is CCOC1=NC(c2nc3nnc(NS(=O)(=O)Cc4ccc(F)cn4)cc3n2-c2c(O)cccc2OC)=C=C=C1. The summed E-state index contributed by atoms with van der Waals surface area (Å²) >= 11 is 0. The molecule has 0 spiro atoms. The van der Waals surface area contributed by atoms with Gasteiger partial charge in [-0.25, -0.2) is 22.8 Å². The first-order valence-electron chi connectivity index (χ1n) is 11.4. The molecule has 0 atom stereocenters. The minimum absolute atomic E-state index is 0.121. The molecule has 3 aromatic heterocycles. The number of hydrogen-bond acceptors (Lipinski definition) is 10. The molecule has 39 heavy (non-hydrogen) atoms. The van der Waals surface area contributed by atoms with Gasteiger partial charge in [-0.1, -0.05) is 11.8 Å². The highest BCUT2D eigenvalue weighted by molar-refractivity contribution is 7.91. The number of aromatic nitrogens is 5. The van der Waals surface area contributed by atoms with Gasteiger partial charge in [-0.2, -0.15) is 0 Å². The zero-order chi connectivity index (χ0) is 27.6. The van der Waals surface area contributed by atoms with Gasteiger partial charge in [0.05, 0.1) is 37.2 Å². The second kappa shape index (κ2) is 10.4. The predicted molar refractivity (Wildman–Crippen MR) is 139 cm³/mol. The molecule has 5 rings (SSSR count). The number of imidazole rings is 1. The fourth-order valence-corrected chi connectivity index (χ4v) is 4.82. The molecule has 1 aliphatic heterocycles. The molecule has 0 saturated carbocycles. The van der Waals surface area contributed by atoms with Gasteiger partial charge in [0.2, 0.25) is 21.6 Å². The molecule has 198 valence electrons. The van der Waals surface area contributed by atoms with Crippen LogP contribution < -0.4 is 9.46 Å². The monoisotopic (exact) mass is 549 g/mol. The number of benzene rings is 1. The number of methoxy groups -OCH3 is 1. The van der Waals surface area contributed by atoms with Gasteiger partial charge in [-0.15, -0.1) is 10.2 Å². The Labute approximate surface area is 221 Å². The highest BCUT2D eigenvalue weighted by Gasteiger charge is 2.24. The number of halogens is 1. The summed E-state index contributed by atoms with van der Waals surface area (Å²) in [7, 11) is -2.57. The fraction of sp³-hybridized carbons (Fsp3) is 0.160. The summed E-state index contributed by atoms with van der Waals surface area (Å²) < 4.78 is 53.6. The topological polar surface area (TPSA) is 154 Å². The van der Waals surface area contributed by atoms with Gasteiger partial charge in [-0.05, 0) is 36.9 Å². The van der Waals surface area contributed by atoms with Gasteiger partial charge < -0.3 is 14.6 Å². The molecule has 0 fully saturated rings. The Morgan fingerprint density at radius 3 is 2.79 bits per heavy atom. The molecule has 4 heterocycles. The molecular weight excluding hydrogens is 529 g/mol. The smallest absolute Gasteiger partial charge is 0.239 e. The first-order chi connectivity index (χ1) is 18.8. The second-order valence-electron chi connectivity index (χ2n) is 8.01. The first-order valence-corrected chi connectivity index (χ1v) is 13.1. The Kier molecular flexibility index (Phi) is 6.82. The number of fused-ring (bicyclic) bond motifs is 1. The number of sulfonamides is 1. The molecule has 0 bridgehead atoms. The van der Waals surface area contributed by atoms with Crippen LogP contribution in [0, 0.1) is 5.82 Å². The van der Waals surface area contributed by atoms with Crippen molar-refractivity contribution in [1.82, 2.24) is 24.7 Å². The van der Waals surface area contributed by atoms with Crippen molar-refractivity contribution in [3.05, 3.63) is 77.5 Å². The van der Waals surface area contributed by atoms with Crippen molar-refractivity contribution in [2.45, 2.75) is 12.7 Å². The summed E-state index contributed by atoms with van der Waals surface area (Å²) in [5.41, 5.74) is 6.66. The normalized spacial score (nSPS) is 12.8. The summed E-state index contributed by atoms with van der Waals surface area (Å²) in [4.78, 5) is 12.7. The zero-order valence-corrected chi connectivity index (χ0v) is 21.4. The highest BCUT2D eigenvalue weighted by Crippen LogP contribution is 2.37. The number of phenolic OH excluding ortho intramolecular Hbond substituents is 1. The number of hydrogen-bond donors (Lipinski definition) is 2. The maximum Gasteiger partial charge on any atom is 0.239 e. The maximum atomic E-state index is 13.2. The Hall–Kier alpha value is -5.03. The lowest BCUT2D eigenvalue weighted by atomic mass is 10.2. The largest absolute Gasteiger partial charge is 0.506 e. The number of phenols is 1. The number of pyridine rings is 1. The molecular formula is C25H20FN7O5S. The predicted octanol–water partition coefficient (Wildman–Crippen LogP) is 3.11. The summed E-state index contributed by atoms with van der Waals surface area (Å²) in [5, 5.41) is 18.9. The van der Waals surface area contributed by atoms with E-state index >= 15 is 0 Å². The number of aliphatic imine (C=N–C) groups is 1. The van der Waals surface area contributed by atoms with E-state index in [4.69, 9.17) is 9.47 Å². The molecule has 1 aliphatic rings. The number of rotatable bonds is 8. The van der Waals surface area contributed by atoms with Crippen molar-refractivity contribution in [3.63, 3.8) is 0 Å². The van der Waals surface area contributed by atoms with Crippen LogP contribution in [-0.4, -0.2) is 57.9 Å². The molecule has 0 saturated heterocycles. The van der Waals surface area contributed by atoms with Gasteiger partial charge in [0.25, 0.3) is 0 Å². The fourth-order valence-electron chi connectivity index (χ4n) is 3.77. The lowest BCUT2D eigenvalue weighted by molar-refractivity contribution is 0.330. The average Bonchev–Trinajstić information content (AvgIpc) is 3.28. The van der Waals surface area contributed by atoms with Crippen LogP contribution in [0.5, 0.6) is 11.5 Å². The molecule has 0 unspecified atom stereocenters. The molecule has 0 aliphatic carbocycles. The van der Waals surface area contributed by atoms with Crippen LogP contribution in [0.1, 0.15) is 18.4 Å². The zero-order valence-electron chi connectivity index (χ0n) is 20.6. The summed E-state index contributed by atoms with van der Waals surface area (Å²) in [6.45, 7) is 2.18. The van der Waals surface area contributed by atoms with E-state index < -0.39 is 21.6 Å². The van der Waals surface area contributed by atoms with Crippen LogP contribution in [0.15, 0.2) is 65.1 Å². The van der Waals surface area contributed by atoms with Crippen LogP contribution in [0.25, 0.3) is 22.5 Å². The van der Waals surface area contributed by atoms with Crippen LogP contribution >= 0.6 is 0 Å². The standard InChI is InChI=1S/C25H20FN7O5S/c1-3-38-22-9-4-6-17(28-22)25-29-24-18(33(25)23-19(34)7-5-8-20(23)37-2)12-21(30-31-24)32-39(35,36)14-16-11-10-15(26)13-27-16/h5,7-13,34H,3,14H2,1-2H3,(H,30,32). The lowest BCUT2D eigenvalue weighted by Gasteiger charge is -2.15. The van der Waals surface area contributed by atoms with E-state index in [2.05, 4.69) is 41.3 Å². The average molecular weight is 550 g/mol. The molecule has 4 aromatic rings. The number of para-hydroxylation sites is 1. The van der Waals surface area contributed by atoms with Gasteiger partial charge in [-0.3, -0.25) is 14.3 Å². The molecule has 2 N–H and O–H groups in total. The van der Waals surface area contributed by atoms with Crippen LogP contribution in [-0.2, 0) is 20.5 Å². The van der Waals surface area contributed by atoms with Gasteiger partial charge >= 0.3 is 0 Å². The third-order valence-corrected chi connectivity index (χ3v) is 6.54. The minimum Gasteiger partial charge on any atom is -0.506 e. The van der Waals surface area contributed by atoms with E-state index in [-0.39, 0.29) is 51.5 Å². The molecule has 12 nitrogen and oxygen atoms in total. The third-order valence-electron chi connectivity index (χ3n) is 5.34. The summed E-state index contributed by atoms with van der Waals surface area (Å²) in [5.74, 6) is -0.624. The first kappa shape index (κ1) is 25.6. The molecule has 14 heteroatoms. The van der Waals surface area contributed by atoms with E-state index in [1.807, 2.05) is 6.92 Å². The molecule has 0 amide bonds. The van der Waals surface area contributed by atoms with Crippen molar-refractivity contribution in [2.24, 2.45) is 4.99 Å². The quantitative estimate of drug-likeness (QED) is 0.316.